The Kier molecular flexibility index (Phi) is 2.77. The van der Waals surface area contributed by atoms with Crippen LogP contribution in [0.3, 0.4) is 0 Å². The predicted octanol–water partition coefficient (Wildman–Crippen LogP) is 5.90. The molecule has 1 unspecified atom stereocenters. The number of alkyl halides is 1. The molecule has 98 valence electrons. The zero-order valence-corrected chi connectivity index (χ0v) is 12.7. The SMILES string of the molecule is Clc1ccsc1C(Cl)C12CC3CC(CC(C3)C1)C2. The molecule has 4 saturated carbocycles. The van der Waals surface area contributed by atoms with E-state index in [9.17, 15) is 0 Å². The lowest BCUT2D eigenvalue weighted by molar-refractivity contribution is -0.0547. The molecular weight excluding hydrogens is 283 g/mol. The van der Waals surface area contributed by atoms with Gasteiger partial charge >= 0.3 is 0 Å². The minimum atomic E-state index is 0.151. The number of halogens is 2. The highest BCUT2D eigenvalue weighted by atomic mass is 35.5. The molecule has 1 aromatic rings. The first-order valence-corrected chi connectivity index (χ1v) is 8.73. The largest absolute Gasteiger partial charge is 0.146 e. The maximum Gasteiger partial charge on any atom is 0.0749 e. The fraction of sp³-hybridized carbons (Fsp3) is 0.733. The fourth-order valence-electron chi connectivity index (χ4n) is 5.25. The first-order chi connectivity index (χ1) is 8.66. The molecule has 3 heteroatoms. The average molecular weight is 301 g/mol. The third-order valence-electron chi connectivity index (χ3n) is 5.50. The van der Waals surface area contributed by atoms with Crippen LogP contribution < -0.4 is 0 Å². The Morgan fingerprint density at radius 2 is 1.67 bits per heavy atom. The van der Waals surface area contributed by atoms with E-state index in [2.05, 4.69) is 5.38 Å². The van der Waals surface area contributed by atoms with E-state index in [1.54, 1.807) is 11.3 Å². The zero-order chi connectivity index (χ0) is 12.3. The molecule has 1 aromatic heterocycles. The molecule has 0 amide bonds. The van der Waals surface area contributed by atoms with Gasteiger partial charge < -0.3 is 0 Å². The monoisotopic (exact) mass is 300 g/mol. The summed E-state index contributed by atoms with van der Waals surface area (Å²) < 4.78 is 0. The van der Waals surface area contributed by atoms with E-state index < -0.39 is 0 Å². The molecular formula is C15H18Cl2S. The van der Waals surface area contributed by atoms with E-state index in [0.717, 1.165) is 22.8 Å². The molecule has 18 heavy (non-hydrogen) atoms. The Hall–Kier alpha value is 0.280. The Bertz CT molecular complexity index is 430. The summed E-state index contributed by atoms with van der Waals surface area (Å²) in [5.41, 5.74) is 0.366. The third kappa shape index (κ3) is 1.70. The molecule has 4 aliphatic carbocycles. The summed E-state index contributed by atoms with van der Waals surface area (Å²) in [6.45, 7) is 0. The standard InChI is InChI=1S/C15H18Cl2S/c16-12-1-2-18-13(12)14(17)15-6-9-3-10(7-15)5-11(4-9)8-15/h1-2,9-11,14H,3-8H2. The van der Waals surface area contributed by atoms with Crippen molar-refractivity contribution >= 4 is 34.5 Å². The van der Waals surface area contributed by atoms with Gasteiger partial charge in [-0.3, -0.25) is 0 Å². The first kappa shape index (κ1) is 12.1. The van der Waals surface area contributed by atoms with Crippen LogP contribution in [0.1, 0.15) is 48.8 Å². The lowest BCUT2D eigenvalue weighted by atomic mass is 9.48. The molecule has 1 atom stereocenters. The van der Waals surface area contributed by atoms with E-state index in [1.807, 2.05) is 6.07 Å². The van der Waals surface area contributed by atoms with Crippen LogP contribution in [0.25, 0.3) is 0 Å². The molecule has 4 aliphatic rings. The van der Waals surface area contributed by atoms with Crippen LogP contribution in [0, 0.1) is 23.2 Å². The molecule has 5 rings (SSSR count). The van der Waals surface area contributed by atoms with Gasteiger partial charge in [0.05, 0.1) is 10.4 Å². The summed E-state index contributed by atoms with van der Waals surface area (Å²) in [5.74, 6) is 2.86. The maximum atomic E-state index is 6.90. The number of rotatable bonds is 2. The van der Waals surface area contributed by atoms with Gasteiger partial charge in [-0.25, -0.2) is 0 Å². The summed E-state index contributed by atoms with van der Waals surface area (Å²) in [6.07, 6.45) is 8.47. The lowest BCUT2D eigenvalue weighted by Crippen LogP contribution is -2.47. The quantitative estimate of drug-likeness (QED) is 0.597. The van der Waals surface area contributed by atoms with Crippen LogP contribution in [-0.4, -0.2) is 0 Å². The molecule has 0 aliphatic heterocycles. The van der Waals surface area contributed by atoms with Crippen molar-refractivity contribution in [2.75, 3.05) is 0 Å². The molecule has 0 radical (unpaired) electrons. The van der Waals surface area contributed by atoms with Gasteiger partial charge in [-0.15, -0.1) is 22.9 Å². The van der Waals surface area contributed by atoms with Crippen molar-refractivity contribution < 1.29 is 0 Å². The van der Waals surface area contributed by atoms with E-state index in [-0.39, 0.29) is 5.38 Å². The third-order valence-corrected chi connectivity index (χ3v) is 7.73. The fourth-order valence-corrected chi connectivity index (χ4v) is 7.13. The van der Waals surface area contributed by atoms with Crippen molar-refractivity contribution in [3.63, 3.8) is 0 Å². The first-order valence-electron chi connectivity index (χ1n) is 7.03. The normalized spacial score (nSPS) is 43.3. The van der Waals surface area contributed by atoms with Gasteiger partial charge in [-0.2, -0.15) is 0 Å². The van der Waals surface area contributed by atoms with Gasteiger partial charge in [-0.05, 0) is 73.1 Å². The molecule has 0 spiro atoms. The minimum absolute atomic E-state index is 0.151. The second-order valence-corrected chi connectivity index (χ2v) is 8.57. The smallest absolute Gasteiger partial charge is 0.0749 e. The van der Waals surface area contributed by atoms with Crippen molar-refractivity contribution in [3.8, 4) is 0 Å². The molecule has 0 N–H and O–H groups in total. The van der Waals surface area contributed by atoms with Crippen molar-refractivity contribution in [3.05, 3.63) is 21.3 Å². The van der Waals surface area contributed by atoms with Gasteiger partial charge in [0, 0.05) is 4.88 Å². The van der Waals surface area contributed by atoms with Crippen molar-refractivity contribution in [1.82, 2.24) is 0 Å². The second kappa shape index (κ2) is 4.14. The molecule has 4 fully saturated rings. The van der Waals surface area contributed by atoms with Gasteiger partial charge in [0.1, 0.15) is 0 Å². The zero-order valence-electron chi connectivity index (χ0n) is 10.4. The predicted molar refractivity (Wildman–Crippen MR) is 78.5 cm³/mol. The van der Waals surface area contributed by atoms with Gasteiger partial charge in [0.25, 0.3) is 0 Å². The highest BCUT2D eigenvalue weighted by Crippen LogP contribution is 2.66. The molecule has 0 aromatic carbocycles. The topological polar surface area (TPSA) is 0 Å². The van der Waals surface area contributed by atoms with Crippen LogP contribution >= 0.6 is 34.5 Å². The highest BCUT2D eigenvalue weighted by molar-refractivity contribution is 7.11. The van der Waals surface area contributed by atoms with Gasteiger partial charge in [0.15, 0.2) is 0 Å². The van der Waals surface area contributed by atoms with E-state index in [4.69, 9.17) is 23.2 Å². The second-order valence-electron chi connectivity index (χ2n) is 6.78. The summed E-state index contributed by atoms with van der Waals surface area (Å²) in [7, 11) is 0. The van der Waals surface area contributed by atoms with Gasteiger partial charge in [0.2, 0.25) is 0 Å². The molecule has 1 heterocycles. The van der Waals surface area contributed by atoms with E-state index in [1.165, 1.54) is 43.4 Å². The van der Waals surface area contributed by atoms with Crippen LogP contribution in [0.15, 0.2) is 11.4 Å². The number of thiophene rings is 1. The Morgan fingerprint density at radius 1 is 1.11 bits per heavy atom. The van der Waals surface area contributed by atoms with Crippen LogP contribution in [0.2, 0.25) is 5.02 Å². The van der Waals surface area contributed by atoms with Crippen molar-refractivity contribution in [1.29, 1.82) is 0 Å². The summed E-state index contributed by atoms with van der Waals surface area (Å²) >= 11 is 14.9. The van der Waals surface area contributed by atoms with Crippen LogP contribution in [-0.2, 0) is 0 Å². The summed E-state index contributed by atoms with van der Waals surface area (Å²) in [5, 5.41) is 3.11. The lowest BCUT2D eigenvalue weighted by Gasteiger charge is -2.58. The van der Waals surface area contributed by atoms with Crippen LogP contribution in [0.4, 0.5) is 0 Å². The van der Waals surface area contributed by atoms with Crippen molar-refractivity contribution in [2.45, 2.75) is 43.9 Å². The maximum absolute atomic E-state index is 6.90. The summed E-state index contributed by atoms with van der Waals surface area (Å²) in [6, 6.07) is 2.00. The number of hydrogen-bond acceptors (Lipinski definition) is 1. The Morgan fingerprint density at radius 3 is 2.11 bits per heavy atom. The minimum Gasteiger partial charge on any atom is -0.146 e. The average Bonchev–Trinajstić information content (AvgIpc) is 2.72. The Balaban J connectivity index is 1.69. The molecule has 0 nitrogen and oxygen atoms in total. The van der Waals surface area contributed by atoms with Crippen molar-refractivity contribution in [2.24, 2.45) is 23.2 Å². The molecule has 0 saturated heterocycles. The van der Waals surface area contributed by atoms with Crippen LogP contribution in [0.5, 0.6) is 0 Å². The van der Waals surface area contributed by atoms with E-state index >= 15 is 0 Å². The highest BCUT2D eigenvalue weighted by Gasteiger charge is 2.54. The van der Waals surface area contributed by atoms with Gasteiger partial charge in [-0.1, -0.05) is 11.6 Å². The number of hydrogen-bond donors (Lipinski definition) is 0. The summed E-state index contributed by atoms with van der Waals surface area (Å²) in [4.78, 5) is 1.22. The Labute approximate surface area is 123 Å². The molecule has 4 bridgehead atoms. The van der Waals surface area contributed by atoms with E-state index in [0.29, 0.717) is 5.41 Å².